The van der Waals surface area contributed by atoms with Crippen LogP contribution in [0.5, 0.6) is 5.75 Å². The van der Waals surface area contributed by atoms with Crippen LogP contribution in [0.4, 0.5) is 5.69 Å². The molecule has 5 rings (SSSR count). The molecule has 1 aromatic heterocycles. The predicted molar refractivity (Wildman–Crippen MR) is 149 cm³/mol. The molecule has 0 atom stereocenters. The Morgan fingerprint density at radius 1 is 1.03 bits per heavy atom. The Hall–Kier alpha value is -3.55. The largest absolute Gasteiger partial charge is 0.494 e. The molecule has 1 saturated heterocycles. The van der Waals surface area contributed by atoms with E-state index in [0.717, 1.165) is 48.0 Å². The van der Waals surface area contributed by atoms with Crippen LogP contribution >= 0.6 is 12.4 Å². The van der Waals surface area contributed by atoms with Crippen molar-refractivity contribution < 1.29 is 13.9 Å². The number of piperidine rings is 1. The van der Waals surface area contributed by atoms with Crippen LogP contribution in [0.1, 0.15) is 19.3 Å². The molecular formula is C29H32ClN3O4. The number of hydrogen-bond acceptors (Lipinski definition) is 5. The number of oxazole rings is 1. The second-order valence-electron chi connectivity index (χ2n) is 9.28. The highest BCUT2D eigenvalue weighted by molar-refractivity contribution is 5.93. The summed E-state index contributed by atoms with van der Waals surface area (Å²) in [6.07, 6.45) is 3.48. The summed E-state index contributed by atoms with van der Waals surface area (Å²) < 4.78 is 12.9. The van der Waals surface area contributed by atoms with Gasteiger partial charge in [-0.15, -0.1) is 12.4 Å². The quantitative estimate of drug-likeness (QED) is 0.348. The number of para-hydroxylation sites is 1. The van der Waals surface area contributed by atoms with Gasteiger partial charge in [-0.25, -0.2) is 4.79 Å². The van der Waals surface area contributed by atoms with E-state index >= 15 is 0 Å². The number of likely N-dealkylation sites (N-methyl/N-ethyl adjacent to an activating group) is 1. The number of carbonyl (C=O) groups excluding carboxylic acids is 1. The smallest absolute Gasteiger partial charge is 0.420 e. The van der Waals surface area contributed by atoms with Gasteiger partial charge < -0.3 is 19.4 Å². The molecule has 8 heteroatoms. The van der Waals surface area contributed by atoms with Gasteiger partial charge in [0.1, 0.15) is 12.3 Å². The van der Waals surface area contributed by atoms with E-state index in [4.69, 9.17) is 9.15 Å². The molecule has 2 heterocycles. The molecule has 4 aromatic rings. The number of hydrogen-bond donors (Lipinski definition) is 1. The minimum atomic E-state index is -0.549. The van der Waals surface area contributed by atoms with E-state index in [0.29, 0.717) is 17.7 Å². The van der Waals surface area contributed by atoms with E-state index in [-0.39, 0.29) is 24.9 Å². The summed E-state index contributed by atoms with van der Waals surface area (Å²) in [4.78, 5) is 27.1. The van der Waals surface area contributed by atoms with Crippen molar-refractivity contribution in [3.63, 3.8) is 0 Å². The third kappa shape index (κ3) is 6.24. The van der Waals surface area contributed by atoms with E-state index in [1.807, 2.05) is 66.7 Å². The predicted octanol–water partition coefficient (Wildman–Crippen LogP) is 5.11. The summed E-state index contributed by atoms with van der Waals surface area (Å²) in [6, 6.07) is 22.9. The molecule has 1 aliphatic rings. The standard InChI is InChI=1S/C29H31N3O4.ClH/c1-31(24-7-3-2-4-8-24)28(33)20-32-26-19-23(10-11-27(26)36-29(32)34)22-6-5-9-25(18-22)35-17-14-21-12-15-30-16-13-21;/h2-11,18-19,21,30H,12-17,20H2,1H3;1H. The molecular weight excluding hydrogens is 490 g/mol. The highest BCUT2D eigenvalue weighted by Gasteiger charge is 2.18. The maximum absolute atomic E-state index is 12.9. The van der Waals surface area contributed by atoms with Crippen molar-refractivity contribution in [1.29, 1.82) is 0 Å². The Morgan fingerprint density at radius 3 is 2.57 bits per heavy atom. The summed E-state index contributed by atoms with van der Waals surface area (Å²) in [5.41, 5.74) is 3.70. The fraction of sp³-hybridized carbons (Fsp3) is 0.310. The Morgan fingerprint density at radius 2 is 1.78 bits per heavy atom. The van der Waals surface area contributed by atoms with Gasteiger partial charge in [0.2, 0.25) is 5.91 Å². The van der Waals surface area contributed by atoms with E-state index in [1.54, 1.807) is 18.0 Å². The lowest BCUT2D eigenvalue weighted by atomic mass is 9.95. The topological polar surface area (TPSA) is 76.7 Å². The number of benzene rings is 3. The molecule has 0 saturated carbocycles. The normalized spacial score (nSPS) is 13.8. The fourth-order valence-corrected chi connectivity index (χ4v) is 4.71. The van der Waals surface area contributed by atoms with Gasteiger partial charge >= 0.3 is 5.76 Å². The number of amides is 1. The molecule has 194 valence electrons. The summed E-state index contributed by atoms with van der Waals surface area (Å²) >= 11 is 0. The van der Waals surface area contributed by atoms with Crippen LogP contribution in [-0.4, -0.2) is 37.2 Å². The van der Waals surface area contributed by atoms with Crippen LogP contribution in [0.25, 0.3) is 22.2 Å². The molecule has 1 fully saturated rings. The molecule has 1 N–H and O–H groups in total. The molecule has 0 bridgehead atoms. The first-order chi connectivity index (χ1) is 17.6. The summed E-state index contributed by atoms with van der Waals surface area (Å²) in [7, 11) is 1.70. The molecule has 37 heavy (non-hydrogen) atoms. The van der Waals surface area contributed by atoms with Crippen molar-refractivity contribution in [3.8, 4) is 16.9 Å². The number of carbonyl (C=O) groups is 1. The zero-order valence-electron chi connectivity index (χ0n) is 20.9. The van der Waals surface area contributed by atoms with E-state index in [2.05, 4.69) is 5.32 Å². The van der Waals surface area contributed by atoms with E-state index in [1.165, 1.54) is 17.4 Å². The zero-order chi connectivity index (χ0) is 24.9. The number of ether oxygens (including phenoxy) is 1. The second-order valence-corrected chi connectivity index (χ2v) is 9.28. The molecule has 0 unspecified atom stereocenters. The molecule has 0 spiro atoms. The van der Waals surface area contributed by atoms with E-state index in [9.17, 15) is 9.59 Å². The SMILES string of the molecule is CN(C(=O)Cn1c(=O)oc2ccc(-c3cccc(OCCC4CCNCC4)c3)cc21)c1ccccc1.Cl. The van der Waals surface area contributed by atoms with Crippen LogP contribution < -0.4 is 20.7 Å². The molecule has 3 aromatic carbocycles. The number of aromatic nitrogens is 1. The van der Waals surface area contributed by atoms with Gasteiger partial charge in [0.15, 0.2) is 5.58 Å². The van der Waals surface area contributed by atoms with Crippen molar-refractivity contribution >= 4 is 35.1 Å². The van der Waals surface area contributed by atoms with Crippen molar-refractivity contribution in [1.82, 2.24) is 9.88 Å². The minimum absolute atomic E-state index is 0. The average Bonchev–Trinajstić information content (AvgIpc) is 3.23. The van der Waals surface area contributed by atoms with Gasteiger partial charge in [0.05, 0.1) is 12.1 Å². The highest BCUT2D eigenvalue weighted by Crippen LogP contribution is 2.28. The third-order valence-electron chi connectivity index (χ3n) is 6.90. The number of halogens is 1. The van der Waals surface area contributed by atoms with Crippen molar-refractivity contribution in [2.45, 2.75) is 25.8 Å². The highest BCUT2D eigenvalue weighted by atomic mass is 35.5. The van der Waals surface area contributed by atoms with Crippen molar-refractivity contribution in [3.05, 3.63) is 83.3 Å². The summed E-state index contributed by atoms with van der Waals surface area (Å²) in [6.45, 7) is 2.78. The number of rotatable bonds is 8. The lowest BCUT2D eigenvalue weighted by Gasteiger charge is -2.22. The van der Waals surface area contributed by atoms with Gasteiger partial charge in [-0.3, -0.25) is 9.36 Å². The minimum Gasteiger partial charge on any atom is -0.494 e. The molecule has 7 nitrogen and oxygen atoms in total. The van der Waals surface area contributed by atoms with Gasteiger partial charge in [-0.1, -0.05) is 36.4 Å². The van der Waals surface area contributed by atoms with Gasteiger partial charge in [0, 0.05) is 12.7 Å². The van der Waals surface area contributed by atoms with Crippen LogP contribution in [0.2, 0.25) is 0 Å². The average molecular weight is 522 g/mol. The lowest BCUT2D eigenvalue weighted by Crippen LogP contribution is -2.32. The third-order valence-corrected chi connectivity index (χ3v) is 6.90. The van der Waals surface area contributed by atoms with Gasteiger partial charge in [-0.05, 0) is 85.8 Å². The maximum Gasteiger partial charge on any atom is 0.420 e. The summed E-state index contributed by atoms with van der Waals surface area (Å²) in [5.74, 6) is 0.789. The Labute approximate surface area is 222 Å². The first-order valence-corrected chi connectivity index (χ1v) is 12.5. The van der Waals surface area contributed by atoms with Crippen molar-refractivity contribution in [2.75, 3.05) is 31.6 Å². The maximum atomic E-state index is 12.9. The van der Waals surface area contributed by atoms with Crippen molar-refractivity contribution in [2.24, 2.45) is 5.92 Å². The van der Waals surface area contributed by atoms with E-state index < -0.39 is 5.76 Å². The lowest BCUT2D eigenvalue weighted by molar-refractivity contribution is -0.118. The number of nitrogens with one attached hydrogen (secondary N) is 1. The van der Waals surface area contributed by atoms with Gasteiger partial charge in [0.25, 0.3) is 0 Å². The molecule has 0 radical (unpaired) electrons. The monoisotopic (exact) mass is 521 g/mol. The number of anilines is 1. The molecule has 1 aliphatic heterocycles. The van der Waals surface area contributed by atoms with Crippen LogP contribution in [0, 0.1) is 5.92 Å². The molecule has 1 amide bonds. The van der Waals surface area contributed by atoms with Crippen LogP contribution in [0.15, 0.2) is 82.0 Å². The Balaban J connectivity index is 0.00000320. The van der Waals surface area contributed by atoms with Crippen LogP contribution in [-0.2, 0) is 11.3 Å². The fourth-order valence-electron chi connectivity index (χ4n) is 4.71. The van der Waals surface area contributed by atoms with Gasteiger partial charge in [-0.2, -0.15) is 0 Å². The number of nitrogens with zero attached hydrogens (tertiary/aromatic N) is 2. The number of fused-ring (bicyclic) bond motifs is 1. The second kappa shape index (κ2) is 12.1. The Bertz CT molecular complexity index is 1390. The Kier molecular flexibility index (Phi) is 8.69. The molecule has 0 aliphatic carbocycles. The summed E-state index contributed by atoms with van der Waals surface area (Å²) in [5, 5.41) is 3.40. The first-order valence-electron chi connectivity index (χ1n) is 12.5. The zero-order valence-corrected chi connectivity index (χ0v) is 21.7. The first kappa shape index (κ1) is 26.5. The van der Waals surface area contributed by atoms with Crippen LogP contribution in [0.3, 0.4) is 0 Å².